The normalized spacial score (nSPS) is 15.4. The lowest BCUT2D eigenvalue weighted by atomic mass is 9.90. The van der Waals surface area contributed by atoms with Gasteiger partial charge in [0.15, 0.2) is 5.13 Å². The van der Waals surface area contributed by atoms with Crippen LogP contribution in [0.3, 0.4) is 0 Å². The van der Waals surface area contributed by atoms with Gasteiger partial charge in [-0.05, 0) is 62.6 Å². The maximum atomic E-state index is 12.9. The molecular formula is C22H20BrN3O2S. The van der Waals surface area contributed by atoms with Gasteiger partial charge in [0.05, 0.1) is 11.6 Å². The third-order valence-corrected chi connectivity index (χ3v) is 6.49. The quantitative estimate of drug-likeness (QED) is 0.527. The number of carbonyl (C=O) groups is 2. The van der Waals surface area contributed by atoms with Crippen molar-refractivity contribution in [3.63, 3.8) is 0 Å². The molecule has 29 heavy (non-hydrogen) atoms. The molecule has 5 nitrogen and oxygen atoms in total. The monoisotopic (exact) mass is 469 g/mol. The Morgan fingerprint density at radius 1 is 1.07 bits per heavy atom. The van der Waals surface area contributed by atoms with Crippen molar-refractivity contribution in [3.05, 3.63) is 74.7 Å². The van der Waals surface area contributed by atoms with E-state index in [4.69, 9.17) is 0 Å². The highest BCUT2D eigenvalue weighted by molar-refractivity contribution is 9.10. The lowest BCUT2D eigenvalue weighted by molar-refractivity contribution is -0.117. The minimum absolute atomic E-state index is 0.0602. The van der Waals surface area contributed by atoms with Gasteiger partial charge < -0.3 is 5.32 Å². The molecule has 0 saturated carbocycles. The van der Waals surface area contributed by atoms with Crippen molar-refractivity contribution < 1.29 is 9.59 Å². The van der Waals surface area contributed by atoms with Crippen LogP contribution < -0.4 is 10.6 Å². The fourth-order valence-electron chi connectivity index (χ4n) is 3.36. The summed E-state index contributed by atoms with van der Waals surface area (Å²) in [6.07, 6.45) is 2.57. The van der Waals surface area contributed by atoms with Crippen molar-refractivity contribution in [2.24, 2.45) is 0 Å². The minimum Gasteiger partial charge on any atom is -0.326 e. The van der Waals surface area contributed by atoms with E-state index in [2.05, 4.69) is 31.5 Å². The number of hydrogen-bond donors (Lipinski definition) is 2. The molecule has 0 radical (unpaired) electrons. The topological polar surface area (TPSA) is 71.1 Å². The van der Waals surface area contributed by atoms with Gasteiger partial charge in [0, 0.05) is 20.6 Å². The van der Waals surface area contributed by atoms with E-state index in [1.54, 1.807) is 12.1 Å². The molecule has 0 bridgehead atoms. The first-order chi connectivity index (χ1) is 14.0. The number of nitrogens with one attached hydrogen (secondary N) is 2. The van der Waals surface area contributed by atoms with Gasteiger partial charge in [-0.3, -0.25) is 14.9 Å². The smallest absolute Gasteiger partial charge is 0.257 e. The second kappa shape index (κ2) is 8.47. The summed E-state index contributed by atoms with van der Waals surface area (Å²) in [5.41, 5.74) is 3.24. The van der Waals surface area contributed by atoms with Crippen LogP contribution in [0.2, 0.25) is 0 Å². The predicted octanol–water partition coefficient (Wildman–Crippen LogP) is 5.52. The maximum Gasteiger partial charge on any atom is 0.257 e. The Hall–Kier alpha value is -2.51. The molecule has 1 aliphatic rings. The molecule has 0 spiro atoms. The number of hydrogen-bond acceptors (Lipinski definition) is 4. The number of fused-ring (bicyclic) bond motifs is 1. The molecule has 1 heterocycles. The van der Waals surface area contributed by atoms with Crippen LogP contribution in [-0.2, 0) is 11.2 Å². The van der Waals surface area contributed by atoms with Crippen LogP contribution in [-0.4, -0.2) is 16.8 Å². The Bertz CT molecular complexity index is 1040. The van der Waals surface area contributed by atoms with Gasteiger partial charge in [0.2, 0.25) is 5.91 Å². The first kappa shape index (κ1) is 19.8. The number of anilines is 2. The fraction of sp³-hybridized carbons (Fsp3) is 0.227. The van der Waals surface area contributed by atoms with Crippen LogP contribution in [0.5, 0.6) is 0 Å². The molecule has 3 aromatic rings. The van der Waals surface area contributed by atoms with Crippen LogP contribution in [0.1, 0.15) is 45.3 Å². The van der Waals surface area contributed by atoms with E-state index >= 15 is 0 Å². The molecule has 1 aromatic heterocycles. The largest absolute Gasteiger partial charge is 0.326 e. The molecule has 0 aliphatic heterocycles. The number of aryl methyl sites for hydroxylation is 2. The molecule has 4 rings (SSSR count). The summed E-state index contributed by atoms with van der Waals surface area (Å²) in [6, 6.07) is 14.9. The number of nitrogens with zero attached hydrogens (tertiary/aromatic N) is 1. The van der Waals surface area contributed by atoms with E-state index in [9.17, 15) is 9.59 Å². The first-order valence-electron chi connectivity index (χ1n) is 9.43. The lowest BCUT2D eigenvalue weighted by Crippen LogP contribution is -2.24. The molecule has 2 aromatic carbocycles. The molecule has 1 aliphatic carbocycles. The fourth-order valence-corrected chi connectivity index (χ4v) is 4.69. The van der Waals surface area contributed by atoms with E-state index in [-0.39, 0.29) is 17.7 Å². The SMILES string of the molecule is Cc1ccc(C(=O)Nc2nc3c(s2)CCCC3C(=O)Nc2ccc(Br)cc2)cc1. The number of halogens is 1. The van der Waals surface area contributed by atoms with Gasteiger partial charge >= 0.3 is 0 Å². The van der Waals surface area contributed by atoms with Crippen molar-refractivity contribution >= 4 is 49.9 Å². The maximum absolute atomic E-state index is 12.9. The Morgan fingerprint density at radius 2 is 1.79 bits per heavy atom. The molecule has 2 amide bonds. The van der Waals surface area contributed by atoms with Crippen molar-refractivity contribution in [2.75, 3.05) is 10.6 Å². The third kappa shape index (κ3) is 4.57. The zero-order valence-corrected chi connectivity index (χ0v) is 18.3. The Morgan fingerprint density at radius 3 is 2.52 bits per heavy atom. The molecule has 1 atom stereocenters. The van der Waals surface area contributed by atoms with E-state index in [1.807, 2.05) is 43.3 Å². The third-order valence-electron chi connectivity index (χ3n) is 4.92. The average molecular weight is 470 g/mol. The summed E-state index contributed by atoms with van der Waals surface area (Å²) in [5.74, 6) is -0.550. The van der Waals surface area contributed by atoms with Crippen molar-refractivity contribution in [1.82, 2.24) is 4.98 Å². The van der Waals surface area contributed by atoms with Crippen LogP contribution >= 0.6 is 27.3 Å². The zero-order chi connectivity index (χ0) is 20.4. The summed E-state index contributed by atoms with van der Waals surface area (Å²) in [6.45, 7) is 1.98. The minimum atomic E-state index is -0.302. The first-order valence-corrected chi connectivity index (χ1v) is 11.0. The standard InChI is InChI=1S/C22H20BrN3O2S/c1-13-5-7-14(8-6-13)20(27)26-22-25-19-17(3-2-4-18(19)29-22)21(28)24-16-11-9-15(23)10-12-16/h5-12,17H,2-4H2,1H3,(H,24,28)(H,25,26,27). The van der Waals surface area contributed by atoms with Crippen LogP contribution in [0.4, 0.5) is 10.8 Å². The second-order valence-corrected chi connectivity index (χ2v) is 9.09. The zero-order valence-electron chi connectivity index (χ0n) is 15.9. The van der Waals surface area contributed by atoms with Crippen molar-refractivity contribution in [2.45, 2.75) is 32.1 Å². The molecule has 2 N–H and O–H groups in total. The van der Waals surface area contributed by atoms with Crippen molar-refractivity contribution in [3.8, 4) is 0 Å². The Labute approximate surface area is 181 Å². The molecule has 7 heteroatoms. The Balaban J connectivity index is 1.49. The van der Waals surface area contributed by atoms with Crippen LogP contribution in [0.15, 0.2) is 53.0 Å². The molecular weight excluding hydrogens is 450 g/mol. The van der Waals surface area contributed by atoms with E-state index < -0.39 is 0 Å². The molecule has 148 valence electrons. The number of carbonyl (C=O) groups excluding carboxylic acids is 2. The summed E-state index contributed by atoms with van der Waals surface area (Å²) in [4.78, 5) is 31.0. The number of rotatable bonds is 4. The highest BCUT2D eigenvalue weighted by Gasteiger charge is 2.30. The van der Waals surface area contributed by atoms with Crippen LogP contribution in [0, 0.1) is 6.92 Å². The van der Waals surface area contributed by atoms with E-state index in [1.165, 1.54) is 11.3 Å². The number of amides is 2. The van der Waals surface area contributed by atoms with Gasteiger partial charge in [0.25, 0.3) is 5.91 Å². The predicted molar refractivity (Wildman–Crippen MR) is 120 cm³/mol. The number of benzene rings is 2. The average Bonchev–Trinajstić information content (AvgIpc) is 3.12. The summed E-state index contributed by atoms with van der Waals surface area (Å²) >= 11 is 4.86. The highest BCUT2D eigenvalue weighted by atomic mass is 79.9. The number of thiazole rings is 1. The summed E-state index contributed by atoms with van der Waals surface area (Å²) in [7, 11) is 0. The highest BCUT2D eigenvalue weighted by Crippen LogP contribution is 2.37. The van der Waals surface area contributed by atoms with Crippen molar-refractivity contribution in [1.29, 1.82) is 0 Å². The van der Waals surface area contributed by atoms with Gasteiger partial charge in [-0.2, -0.15) is 0 Å². The number of aromatic nitrogens is 1. The van der Waals surface area contributed by atoms with Gasteiger partial charge in [-0.1, -0.05) is 33.6 Å². The second-order valence-electron chi connectivity index (χ2n) is 7.09. The summed E-state index contributed by atoms with van der Waals surface area (Å²) < 4.78 is 0.962. The molecule has 0 saturated heterocycles. The van der Waals surface area contributed by atoms with E-state index in [0.29, 0.717) is 10.7 Å². The van der Waals surface area contributed by atoms with Gasteiger partial charge in [-0.15, -0.1) is 11.3 Å². The van der Waals surface area contributed by atoms with E-state index in [0.717, 1.165) is 45.6 Å². The van der Waals surface area contributed by atoms with Gasteiger partial charge in [-0.25, -0.2) is 4.98 Å². The molecule has 0 fully saturated rings. The molecule has 1 unspecified atom stereocenters. The summed E-state index contributed by atoms with van der Waals surface area (Å²) in [5, 5.41) is 6.41. The van der Waals surface area contributed by atoms with Gasteiger partial charge in [0.1, 0.15) is 0 Å². The Kier molecular flexibility index (Phi) is 5.78. The lowest BCUT2D eigenvalue weighted by Gasteiger charge is -2.20. The van der Waals surface area contributed by atoms with Crippen LogP contribution in [0.25, 0.3) is 0 Å².